The van der Waals surface area contributed by atoms with Crippen molar-refractivity contribution >= 4 is 5.78 Å². The Morgan fingerprint density at radius 3 is 2.24 bits per heavy atom. The Morgan fingerprint density at radius 2 is 1.82 bits per heavy atom. The zero-order chi connectivity index (χ0) is 13.1. The highest BCUT2D eigenvalue weighted by Crippen LogP contribution is 2.41. The van der Waals surface area contributed by atoms with Crippen LogP contribution in [0.2, 0.25) is 0 Å². The van der Waals surface area contributed by atoms with E-state index in [-0.39, 0.29) is 17.1 Å². The Morgan fingerprint density at radius 1 is 1.29 bits per heavy atom. The number of carbonyl (C=O) groups excluding carboxylic acids is 1. The second kappa shape index (κ2) is 5.31. The molecule has 1 unspecified atom stereocenters. The molecule has 17 heavy (non-hydrogen) atoms. The molecule has 0 aliphatic heterocycles. The van der Waals surface area contributed by atoms with Crippen LogP contribution in [-0.2, 0) is 4.79 Å². The summed E-state index contributed by atoms with van der Waals surface area (Å²) in [5.41, 5.74) is 1.94. The lowest BCUT2D eigenvalue weighted by atomic mass is 9.68. The maximum atomic E-state index is 12.2. The fourth-order valence-corrected chi connectivity index (χ4v) is 2.10. The molecule has 0 saturated heterocycles. The molecule has 0 radical (unpaired) electrons. The first kappa shape index (κ1) is 13.7. The molecule has 0 aromatic heterocycles. The average Bonchev–Trinajstić information content (AvgIpc) is 2.30. The van der Waals surface area contributed by atoms with Crippen LogP contribution in [0.4, 0.5) is 0 Å². The van der Waals surface area contributed by atoms with Crippen molar-refractivity contribution in [1.82, 2.24) is 0 Å². The summed E-state index contributed by atoms with van der Waals surface area (Å²) in [6, 6.07) is 10.0. The summed E-state index contributed by atoms with van der Waals surface area (Å²) in [6.45, 7) is 12.2. The lowest BCUT2D eigenvalue weighted by Crippen LogP contribution is -2.29. The predicted octanol–water partition coefficient (Wildman–Crippen LogP) is 4.35. The molecule has 1 aromatic carbocycles. The van der Waals surface area contributed by atoms with Crippen LogP contribution in [0.3, 0.4) is 0 Å². The number of hydrogen-bond donors (Lipinski definition) is 0. The van der Waals surface area contributed by atoms with Crippen LogP contribution >= 0.6 is 0 Å². The van der Waals surface area contributed by atoms with Crippen molar-refractivity contribution in [2.45, 2.75) is 40.0 Å². The average molecular weight is 230 g/mol. The van der Waals surface area contributed by atoms with Gasteiger partial charge in [0.05, 0.1) is 5.92 Å². The Hall–Kier alpha value is -1.37. The summed E-state index contributed by atoms with van der Waals surface area (Å²) in [5, 5.41) is 0. The van der Waals surface area contributed by atoms with E-state index in [1.165, 1.54) is 0 Å². The Kier molecular flexibility index (Phi) is 4.28. The first-order valence-corrected chi connectivity index (χ1v) is 6.15. The highest BCUT2D eigenvalue weighted by atomic mass is 16.1. The highest BCUT2D eigenvalue weighted by molar-refractivity contribution is 5.86. The third-order valence-electron chi connectivity index (χ3n) is 3.62. The first-order valence-electron chi connectivity index (χ1n) is 6.15. The van der Waals surface area contributed by atoms with Gasteiger partial charge in [-0.15, -0.1) is 0 Å². The minimum atomic E-state index is -0.200. The molecule has 1 atom stereocenters. The molecule has 1 aromatic rings. The van der Waals surface area contributed by atoms with Gasteiger partial charge in [0, 0.05) is 6.42 Å². The number of benzene rings is 1. The normalized spacial score (nSPS) is 13.2. The number of rotatable bonds is 5. The molecule has 1 rings (SSSR count). The lowest BCUT2D eigenvalue weighted by molar-refractivity contribution is -0.122. The van der Waals surface area contributed by atoms with Gasteiger partial charge in [0.25, 0.3) is 0 Å². The number of carbonyl (C=O) groups is 1. The smallest absolute Gasteiger partial charge is 0.140 e. The van der Waals surface area contributed by atoms with Gasteiger partial charge in [-0.3, -0.25) is 4.79 Å². The molecule has 0 fully saturated rings. The second-order valence-corrected chi connectivity index (χ2v) is 5.17. The summed E-state index contributed by atoms with van der Waals surface area (Å²) in [6.07, 6.45) is 0.566. The minimum absolute atomic E-state index is 0.0915. The van der Waals surface area contributed by atoms with Crippen molar-refractivity contribution in [3.05, 3.63) is 48.0 Å². The molecule has 0 aliphatic carbocycles. The van der Waals surface area contributed by atoms with Gasteiger partial charge in [0.15, 0.2) is 0 Å². The van der Waals surface area contributed by atoms with E-state index >= 15 is 0 Å². The fourth-order valence-electron chi connectivity index (χ4n) is 2.10. The monoisotopic (exact) mass is 230 g/mol. The predicted molar refractivity (Wildman–Crippen MR) is 73.1 cm³/mol. The molecule has 0 aliphatic rings. The zero-order valence-corrected chi connectivity index (χ0v) is 11.3. The Labute approximate surface area is 105 Å². The van der Waals surface area contributed by atoms with Crippen molar-refractivity contribution in [3.63, 3.8) is 0 Å². The standard InChI is InChI=1S/C16H22O/c1-6-14(17)15(16(4,5)12(2)3)13-10-8-7-9-11-13/h7-11,15H,2,6H2,1,3-5H3. The number of ketones is 1. The summed E-state index contributed by atoms with van der Waals surface area (Å²) in [7, 11) is 0. The van der Waals surface area contributed by atoms with Crippen molar-refractivity contribution < 1.29 is 4.79 Å². The molecule has 0 spiro atoms. The van der Waals surface area contributed by atoms with Gasteiger partial charge in [0.2, 0.25) is 0 Å². The molecule has 1 heteroatoms. The van der Waals surface area contributed by atoms with Gasteiger partial charge in [-0.05, 0) is 17.9 Å². The Balaban J connectivity index is 3.23. The topological polar surface area (TPSA) is 17.1 Å². The van der Waals surface area contributed by atoms with E-state index in [1.807, 2.05) is 44.2 Å². The van der Waals surface area contributed by atoms with Crippen LogP contribution < -0.4 is 0 Å². The number of allylic oxidation sites excluding steroid dienone is 1. The van der Waals surface area contributed by atoms with E-state index in [0.717, 1.165) is 11.1 Å². The van der Waals surface area contributed by atoms with Crippen molar-refractivity contribution in [2.75, 3.05) is 0 Å². The van der Waals surface area contributed by atoms with E-state index < -0.39 is 0 Å². The third kappa shape index (κ3) is 2.85. The first-order chi connectivity index (χ1) is 7.91. The number of Topliss-reactive ketones (excluding diaryl/α,β-unsaturated/α-hetero) is 1. The maximum absolute atomic E-state index is 12.2. The second-order valence-electron chi connectivity index (χ2n) is 5.17. The van der Waals surface area contributed by atoms with Crippen LogP contribution in [-0.4, -0.2) is 5.78 Å². The van der Waals surface area contributed by atoms with Crippen LogP contribution in [0.25, 0.3) is 0 Å². The van der Waals surface area contributed by atoms with Crippen molar-refractivity contribution in [1.29, 1.82) is 0 Å². The molecule has 0 N–H and O–H groups in total. The van der Waals surface area contributed by atoms with Gasteiger partial charge in [-0.1, -0.05) is 63.3 Å². The van der Waals surface area contributed by atoms with Crippen LogP contribution in [0.1, 0.15) is 45.6 Å². The molecular weight excluding hydrogens is 208 g/mol. The van der Waals surface area contributed by atoms with Crippen LogP contribution in [0.15, 0.2) is 42.5 Å². The highest BCUT2D eigenvalue weighted by Gasteiger charge is 2.35. The van der Waals surface area contributed by atoms with Gasteiger partial charge >= 0.3 is 0 Å². The summed E-state index contributed by atoms with van der Waals surface area (Å²) >= 11 is 0. The molecule has 0 saturated carbocycles. The lowest BCUT2D eigenvalue weighted by Gasteiger charge is -2.34. The molecule has 1 nitrogen and oxygen atoms in total. The van der Waals surface area contributed by atoms with E-state index in [9.17, 15) is 4.79 Å². The third-order valence-corrected chi connectivity index (χ3v) is 3.62. The maximum Gasteiger partial charge on any atom is 0.140 e. The molecule has 0 heterocycles. The SMILES string of the molecule is C=C(C)C(C)(C)C(C(=O)CC)c1ccccc1. The van der Waals surface area contributed by atoms with Gasteiger partial charge in [-0.25, -0.2) is 0 Å². The van der Waals surface area contributed by atoms with E-state index in [4.69, 9.17) is 0 Å². The molecule has 0 amide bonds. The van der Waals surface area contributed by atoms with Gasteiger partial charge in [0.1, 0.15) is 5.78 Å². The molecule has 0 bridgehead atoms. The van der Waals surface area contributed by atoms with Crippen LogP contribution in [0, 0.1) is 5.41 Å². The summed E-state index contributed by atoms with van der Waals surface area (Å²) in [4.78, 5) is 12.2. The van der Waals surface area contributed by atoms with E-state index in [2.05, 4.69) is 20.4 Å². The molecule has 92 valence electrons. The van der Waals surface area contributed by atoms with Gasteiger partial charge in [-0.2, -0.15) is 0 Å². The van der Waals surface area contributed by atoms with Crippen LogP contribution in [0.5, 0.6) is 0 Å². The largest absolute Gasteiger partial charge is 0.299 e. The quantitative estimate of drug-likeness (QED) is 0.687. The van der Waals surface area contributed by atoms with Crippen molar-refractivity contribution in [3.8, 4) is 0 Å². The van der Waals surface area contributed by atoms with Crippen molar-refractivity contribution in [2.24, 2.45) is 5.41 Å². The summed E-state index contributed by atoms with van der Waals surface area (Å²) in [5.74, 6) is 0.190. The summed E-state index contributed by atoms with van der Waals surface area (Å²) < 4.78 is 0. The molecular formula is C16H22O. The number of hydrogen-bond acceptors (Lipinski definition) is 1. The zero-order valence-electron chi connectivity index (χ0n) is 11.3. The Bertz CT molecular complexity index is 401. The van der Waals surface area contributed by atoms with E-state index in [0.29, 0.717) is 6.42 Å². The fraction of sp³-hybridized carbons (Fsp3) is 0.438. The van der Waals surface area contributed by atoms with Gasteiger partial charge < -0.3 is 0 Å². The minimum Gasteiger partial charge on any atom is -0.299 e. The van der Waals surface area contributed by atoms with E-state index in [1.54, 1.807) is 0 Å².